The molecule has 3 amide bonds. The Morgan fingerprint density at radius 1 is 1.34 bits per heavy atom. The molecule has 29 heavy (non-hydrogen) atoms. The van der Waals surface area contributed by atoms with Crippen LogP contribution in [0.5, 0.6) is 5.75 Å². The number of esters is 1. The van der Waals surface area contributed by atoms with Crippen molar-refractivity contribution >= 4 is 35.6 Å². The minimum atomic E-state index is -0.659. The third-order valence-electron chi connectivity index (χ3n) is 3.88. The predicted molar refractivity (Wildman–Crippen MR) is 99.7 cm³/mol. The normalized spacial score (nSPS) is 14.7. The summed E-state index contributed by atoms with van der Waals surface area (Å²) in [6, 6.07) is 8.82. The Morgan fingerprint density at radius 2 is 2.14 bits per heavy atom. The third kappa shape index (κ3) is 4.39. The Labute approximate surface area is 170 Å². The molecular weight excluding hydrogens is 402 g/mol. The Bertz CT molecular complexity index is 1050. The Balaban J connectivity index is 1.74. The number of ether oxygens (including phenoxy) is 2. The van der Waals surface area contributed by atoms with E-state index in [9.17, 15) is 14.4 Å². The summed E-state index contributed by atoms with van der Waals surface area (Å²) < 4.78 is 15.0. The van der Waals surface area contributed by atoms with Crippen molar-refractivity contribution in [2.75, 3.05) is 13.7 Å². The summed E-state index contributed by atoms with van der Waals surface area (Å²) >= 11 is 6.09. The highest BCUT2D eigenvalue weighted by Crippen LogP contribution is 2.27. The number of amides is 3. The second kappa shape index (κ2) is 8.50. The molecule has 1 aliphatic heterocycles. The zero-order chi connectivity index (χ0) is 21.0. The fourth-order valence-electron chi connectivity index (χ4n) is 2.54. The van der Waals surface area contributed by atoms with E-state index in [2.05, 4.69) is 10.1 Å². The van der Waals surface area contributed by atoms with E-state index in [1.165, 1.54) is 25.3 Å². The minimum absolute atomic E-state index is 0.0290. The molecular formula is C19H14ClN3O6. The highest BCUT2D eigenvalue weighted by molar-refractivity contribution is 6.32. The smallest absolute Gasteiger partial charge is 0.373 e. The van der Waals surface area contributed by atoms with Crippen LogP contribution < -0.4 is 10.1 Å². The van der Waals surface area contributed by atoms with E-state index in [1.807, 2.05) is 6.07 Å². The van der Waals surface area contributed by atoms with E-state index in [4.69, 9.17) is 26.0 Å². The lowest BCUT2D eigenvalue weighted by Gasteiger charge is -2.09. The van der Waals surface area contributed by atoms with Gasteiger partial charge in [0.2, 0.25) is 5.76 Å². The van der Waals surface area contributed by atoms with Gasteiger partial charge in [0.1, 0.15) is 23.3 Å². The fourth-order valence-corrected chi connectivity index (χ4v) is 2.79. The van der Waals surface area contributed by atoms with E-state index in [1.54, 1.807) is 18.2 Å². The van der Waals surface area contributed by atoms with E-state index in [0.29, 0.717) is 11.3 Å². The van der Waals surface area contributed by atoms with Crippen molar-refractivity contribution in [1.29, 1.82) is 5.26 Å². The molecule has 1 aromatic heterocycles. The topological polar surface area (TPSA) is 122 Å². The summed E-state index contributed by atoms with van der Waals surface area (Å²) in [4.78, 5) is 37.1. The van der Waals surface area contributed by atoms with Crippen LogP contribution in [0.1, 0.15) is 21.9 Å². The van der Waals surface area contributed by atoms with Crippen LogP contribution in [-0.4, -0.2) is 36.5 Å². The van der Waals surface area contributed by atoms with Crippen molar-refractivity contribution in [2.45, 2.75) is 6.54 Å². The van der Waals surface area contributed by atoms with Gasteiger partial charge in [-0.2, -0.15) is 5.26 Å². The van der Waals surface area contributed by atoms with Crippen LogP contribution in [0.25, 0.3) is 6.08 Å². The zero-order valence-electron chi connectivity index (χ0n) is 15.1. The molecule has 1 aliphatic rings. The molecule has 0 saturated carbocycles. The number of benzene rings is 1. The molecule has 0 spiro atoms. The van der Waals surface area contributed by atoms with Gasteiger partial charge in [0.15, 0.2) is 6.61 Å². The first kappa shape index (κ1) is 20.0. The summed E-state index contributed by atoms with van der Waals surface area (Å²) in [5, 5.41) is 11.3. The second-order valence-electron chi connectivity index (χ2n) is 5.77. The number of hydrogen-bond acceptors (Lipinski definition) is 7. The average molecular weight is 416 g/mol. The molecule has 1 fully saturated rings. The molecule has 0 unspecified atom stereocenters. The van der Waals surface area contributed by atoms with Gasteiger partial charge >= 0.3 is 12.0 Å². The SMILES string of the molecule is COC(=O)c1ccc(CN2C(=O)N/C(=C\c3ccc(OCC#N)c(Cl)c3)C2=O)o1. The van der Waals surface area contributed by atoms with E-state index in [0.717, 1.165) is 4.90 Å². The van der Waals surface area contributed by atoms with Gasteiger partial charge in [0, 0.05) is 0 Å². The summed E-state index contributed by atoms with van der Waals surface area (Å²) in [5.41, 5.74) is 0.604. The standard InChI is InChI=1S/C19H14ClN3O6/c1-27-18(25)16-5-3-12(29-16)10-23-17(24)14(22-19(23)26)9-11-2-4-15(13(20)8-11)28-7-6-21/h2-5,8-9H,7,10H2,1H3,(H,22,26)/b14-9-. The highest BCUT2D eigenvalue weighted by atomic mass is 35.5. The lowest BCUT2D eigenvalue weighted by molar-refractivity contribution is -0.123. The Morgan fingerprint density at radius 3 is 2.83 bits per heavy atom. The molecule has 0 atom stereocenters. The second-order valence-corrected chi connectivity index (χ2v) is 6.18. The van der Waals surface area contributed by atoms with Gasteiger partial charge in [0.25, 0.3) is 5.91 Å². The molecule has 2 heterocycles. The number of rotatable bonds is 6. The summed E-state index contributed by atoms with van der Waals surface area (Å²) in [5.74, 6) is -0.672. The maximum atomic E-state index is 12.6. The summed E-state index contributed by atoms with van der Waals surface area (Å²) in [7, 11) is 1.22. The summed E-state index contributed by atoms with van der Waals surface area (Å²) in [6.07, 6.45) is 1.46. The van der Waals surface area contributed by atoms with Crippen LogP contribution >= 0.6 is 11.6 Å². The number of nitrogens with one attached hydrogen (secondary N) is 1. The molecule has 1 N–H and O–H groups in total. The lowest BCUT2D eigenvalue weighted by atomic mass is 10.2. The minimum Gasteiger partial charge on any atom is -0.477 e. The van der Waals surface area contributed by atoms with Gasteiger partial charge in [-0.3, -0.25) is 9.69 Å². The van der Waals surface area contributed by atoms with Gasteiger partial charge in [-0.1, -0.05) is 17.7 Å². The molecule has 0 bridgehead atoms. The van der Waals surface area contributed by atoms with Crippen LogP contribution in [0, 0.1) is 11.3 Å². The Kier molecular flexibility index (Phi) is 5.85. The first-order chi connectivity index (χ1) is 13.9. The van der Waals surface area contributed by atoms with E-state index in [-0.39, 0.29) is 35.4 Å². The highest BCUT2D eigenvalue weighted by Gasteiger charge is 2.34. The average Bonchev–Trinajstić information content (AvgIpc) is 3.27. The van der Waals surface area contributed by atoms with Crippen LogP contribution in [-0.2, 0) is 16.1 Å². The van der Waals surface area contributed by atoms with Crippen LogP contribution in [0.15, 0.2) is 40.4 Å². The van der Waals surface area contributed by atoms with Crippen LogP contribution in [0.3, 0.4) is 0 Å². The first-order valence-corrected chi connectivity index (χ1v) is 8.61. The van der Waals surface area contributed by atoms with Crippen molar-refractivity contribution in [2.24, 2.45) is 0 Å². The molecule has 1 saturated heterocycles. The quantitative estimate of drug-likeness (QED) is 0.437. The van der Waals surface area contributed by atoms with E-state index >= 15 is 0 Å². The van der Waals surface area contributed by atoms with Gasteiger partial charge in [-0.15, -0.1) is 0 Å². The van der Waals surface area contributed by atoms with Crippen LogP contribution in [0.4, 0.5) is 4.79 Å². The van der Waals surface area contributed by atoms with Crippen LogP contribution in [0.2, 0.25) is 5.02 Å². The molecule has 9 nitrogen and oxygen atoms in total. The fraction of sp³-hybridized carbons (Fsp3) is 0.158. The lowest BCUT2D eigenvalue weighted by Crippen LogP contribution is -2.30. The molecule has 2 aromatic rings. The van der Waals surface area contributed by atoms with Gasteiger partial charge < -0.3 is 19.2 Å². The molecule has 1 aromatic carbocycles. The largest absolute Gasteiger partial charge is 0.477 e. The summed E-state index contributed by atoms with van der Waals surface area (Å²) in [6.45, 7) is -0.297. The van der Waals surface area contributed by atoms with Crippen molar-refractivity contribution in [3.8, 4) is 11.8 Å². The number of nitrogens with zero attached hydrogens (tertiary/aromatic N) is 2. The maximum absolute atomic E-state index is 12.6. The number of halogens is 1. The number of carbonyl (C=O) groups excluding carboxylic acids is 3. The van der Waals surface area contributed by atoms with Crippen molar-refractivity contribution in [3.05, 3.63) is 58.1 Å². The molecule has 0 aliphatic carbocycles. The predicted octanol–water partition coefficient (Wildman–Crippen LogP) is 2.71. The number of furan rings is 1. The molecule has 0 radical (unpaired) electrons. The number of hydrogen-bond donors (Lipinski definition) is 1. The van der Waals surface area contributed by atoms with Gasteiger partial charge in [0.05, 0.1) is 18.7 Å². The molecule has 148 valence electrons. The number of methoxy groups -OCH3 is 1. The third-order valence-corrected chi connectivity index (χ3v) is 4.18. The Hall–Kier alpha value is -3.77. The monoisotopic (exact) mass is 415 g/mol. The van der Waals surface area contributed by atoms with Crippen molar-refractivity contribution < 1.29 is 28.3 Å². The van der Waals surface area contributed by atoms with Gasteiger partial charge in [-0.05, 0) is 35.9 Å². The number of urea groups is 1. The van der Waals surface area contributed by atoms with Crippen molar-refractivity contribution in [1.82, 2.24) is 10.2 Å². The number of imide groups is 1. The number of carbonyl (C=O) groups is 3. The maximum Gasteiger partial charge on any atom is 0.373 e. The molecule has 3 rings (SSSR count). The molecule has 10 heteroatoms. The van der Waals surface area contributed by atoms with E-state index < -0.39 is 17.9 Å². The van der Waals surface area contributed by atoms with Crippen molar-refractivity contribution in [3.63, 3.8) is 0 Å². The van der Waals surface area contributed by atoms with Gasteiger partial charge in [-0.25, -0.2) is 9.59 Å². The number of nitriles is 1. The first-order valence-electron chi connectivity index (χ1n) is 8.23. The zero-order valence-corrected chi connectivity index (χ0v) is 15.9.